The van der Waals surface area contributed by atoms with Crippen molar-refractivity contribution >= 4 is 11.0 Å². The first-order valence-corrected chi connectivity index (χ1v) is 10.8. The highest BCUT2D eigenvalue weighted by Gasteiger charge is 2.24. The lowest BCUT2D eigenvalue weighted by Gasteiger charge is -2.16. The number of hydrogen-bond donors (Lipinski definition) is 1. The van der Waals surface area contributed by atoms with Crippen LogP contribution in [0, 0.1) is 0 Å². The fourth-order valence-corrected chi connectivity index (χ4v) is 4.69. The Bertz CT molecular complexity index is 1240. The zero-order chi connectivity index (χ0) is 20.7. The lowest BCUT2D eigenvalue weighted by Crippen LogP contribution is -2.23. The molecule has 6 heteroatoms. The van der Waals surface area contributed by atoms with E-state index in [0.717, 1.165) is 53.1 Å². The summed E-state index contributed by atoms with van der Waals surface area (Å²) in [5, 5.41) is 3.47. The minimum absolute atomic E-state index is 0.0592. The van der Waals surface area contributed by atoms with E-state index >= 15 is 0 Å². The van der Waals surface area contributed by atoms with Crippen LogP contribution in [0.1, 0.15) is 26.3 Å². The molecule has 1 unspecified atom stereocenters. The molecule has 1 N–H and O–H groups in total. The zero-order valence-electron chi connectivity index (χ0n) is 17.5. The second kappa shape index (κ2) is 7.61. The third kappa shape index (κ3) is 2.91. The van der Waals surface area contributed by atoms with Crippen LogP contribution in [-0.4, -0.2) is 31.8 Å². The Labute approximate surface area is 175 Å². The quantitative estimate of drug-likeness (QED) is 0.552. The standard InChI is InChI=1S/C24H27N5O/c1-3-27-20-11-10-18(14-21(20)28(4-2)24(27)30)23-22(17-8-6-5-7-9-17)26-16-29(23)19-12-13-25-15-19/h5-11,14,16,19,25H,3-4,12-13,15H2,1-2H3. The number of fused-ring (bicyclic) bond motifs is 1. The molecular formula is C24H27N5O. The maximum absolute atomic E-state index is 12.8. The molecule has 1 atom stereocenters. The van der Waals surface area contributed by atoms with Gasteiger partial charge in [-0.2, -0.15) is 0 Å². The molecule has 1 aliphatic heterocycles. The third-order valence-electron chi connectivity index (χ3n) is 6.19. The molecule has 2 aromatic carbocycles. The van der Waals surface area contributed by atoms with Crippen molar-refractivity contribution in [3.8, 4) is 22.5 Å². The second-order valence-corrected chi connectivity index (χ2v) is 7.84. The molecule has 6 nitrogen and oxygen atoms in total. The van der Waals surface area contributed by atoms with Crippen molar-refractivity contribution in [1.29, 1.82) is 0 Å². The van der Waals surface area contributed by atoms with Crippen molar-refractivity contribution < 1.29 is 0 Å². The van der Waals surface area contributed by atoms with Crippen LogP contribution in [0.5, 0.6) is 0 Å². The van der Waals surface area contributed by atoms with E-state index in [-0.39, 0.29) is 5.69 Å². The molecule has 1 saturated heterocycles. The minimum atomic E-state index is 0.0592. The van der Waals surface area contributed by atoms with Gasteiger partial charge in [0.05, 0.1) is 28.7 Å². The third-order valence-corrected chi connectivity index (χ3v) is 6.19. The monoisotopic (exact) mass is 401 g/mol. The fraction of sp³-hybridized carbons (Fsp3) is 0.333. The van der Waals surface area contributed by atoms with Crippen LogP contribution in [-0.2, 0) is 13.1 Å². The second-order valence-electron chi connectivity index (χ2n) is 7.84. The molecule has 0 radical (unpaired) electrons. The van der Waals surface area contributed by atoms with Crippen LogP contribution in [0.25, 0.3) is 33.5 Å². The first kappa shape index (κ1) is 18.9. The highest BCUT2D eigenvalue weighted by Crippen LogP contribution is 2.35. The number of rotatable bonds is 5. The van der Waals surface area contributed by atoms with Gasteiger partial charge in [0.25, 0.3) is 0 Å². The van der Waals surface area contributed by atoms with Crippen LogP contribution in [0.3, 0.4) is 0 Å². The SMILES string of the molecule is CCn1c(=O)n(CC)c2cc(-c3c(-c4ccccc4)ncn3C3CCNC3)ccc21. The summed E-state index contributed by atoms with van der Waals surface area (Å²) < 4.78 is 6.02. The van der Waals surface area contributed by atoms with E-state index in [1.54, 1.807) is 0 Å². The molecule has 5 rings (SSSR count). The number of hydrogen-bond acceptors (Lipinski definition) is 3. The summed E-state index contributed by atoms with van der Waals surface area (Å²) in [4.78, 5) is 17.6. The Kier molecular flexibility index (Phi) is 4.79. The first-order valence-electron chi connectivity index (χ1n) is 10.8. The largest absolute Gasteiger partial charge is 0.329 e. The number of imidazole rings is 2. The summed E-state index contributed by atoms with van der Waals surface area (Å²) in [6.07, 6.45) is 3.06. The van der Waals surface area contributed by atoms with Crippen LogP contribution in [0.2, 0.25) is 0 Å². The normalized spacial score (nSPS) is 16.5. The van der Waals surface area contributed by atoms with Gasteiger partial charge < -0.3 is 9.88 Å². The van der Waals surface area contributed by atoms with Gasteiger partial charge in [-0.05, 0) is 38.9 Å². The summed E-state index contributed by atoms with van der Waals surface area (Å²) in [6.45, 7) is 7.34. The van der Waals surface area contributed by atoms with Crippen LogP contribution in [0.15, 0.2) is 59.7 Å². The number of nitrogens with one attached hydrogen (secondary N) is 1. The van der Waals surface area contributed by atoms with Crippen molar-refractivity contribution in [2.75, 3.05) is 13.1 Å². The lowest BCUT2D eigenvalue weighted by atomic mass is 10.0. The van der Waals surface area contributed by atoms with Crippen molar-refractivity contribution in [2.24, 2.45) is 0 Å². The highest BCUT2D eigenvalue weighted by molar-refractivity contribution is 5.86. The molecule has 3 heterocycles. The van der Waals surface area contributed by atoms with Gasteiger partial charge >= 0.3 is 5.69 Å². The maximum atomic E-state index is 12.8. The molecule has 0 saturated carbocycles. The predicted molar refractivity (Wildman–Crippen MR) is 121 cm³/mol. The zero-order valence-corrected chi connectivity index (χ0v) is 17.5. The average molecular weight is 402 g/mol. The van der Waals surface area contributed by atoms with Crippen molar-refractivity contribution in [2.45, 2.75) is 39.4 Å². The van der Waals surface area contributed by atoms with Crippen LogP contribution >= 0.6 is 0 Å². The molecule has 154 valence electrons. The van der Waals surface area contributed by atoms with E-state index in [1.807, 2.05) is 35.4 Å². The molecular weight excluding hydrogens is 374 g/mol. The van der Waals surface area contributed by atoms with E-state index < -0.39 is 0 Å². The van der Waals surface area contributed by atoms with E-state index in [2.05, 4.69) is 52.3 Å². The Hall–Kier alpha value is -3.12. The van der Waals surface area contributed by atoms with Gasteiger partial charge in [0.15, 0.2) is 0 Å². The Morgan fingerprint density at radius 2 is 1.77 bits per heavy atom. The van der Waals surface area contributed by atoms with Gasteiger partial charge in [0.2, 0.25) is 0 Å². The Morgan fingerprint density at radius 1 is 1.00 bits per heavy atom. The van der Waals surface area contributed by atoms with Crippen LogP contribution < -0.4 is 11.0 Å². The van der Waals surface area contributed by atoms with Gasteiger partial charge in [-0.15, -0.1) is 0 Å². The molecule has 0 aliphatic carbocycles. The molecule has 0 bridgehead atoms. The maximum Gasteiger partial charge on any atom is 0.329 e. The van der Waals surface area contributed by atoms with Crippen molar-refractivity contribution in [1.82, 2.24) is 24.0 Å². The van der Waals surface area contributed by atoms with E-state index in [0.29, 0.717) is 19.1 Å². The Morgan fingerprint density at radius 3 is 2.47 bits per heavy atom. The minimum Gasteiger partial charge on any atom is -0.326 e. The summed E-state index contributed by atoms with van der Waals surface area (Å²) in [7, 11) is 0. The Balaban J connectivity index is 1.75. The summed E-state index contributed by atoms with van der Waals surface area (Å²) in [5.41, 5.74) is 6.35. The summed E-state index contributed by atoms with van der Waals surface area (Å²) >= 11 is 0. The number of benzene rings is 2. The van der Waals surface area contributed by atoms with E-state index in [9.17, 15) is 4.79 Å². The predicted octanol–water partition coefficient (Wildman–Crippen LogP) is 3.91. The van der Waals surface area contributed by atoms with Gasteiger partial charge in [0.1, 0.15) is 0 Å². The molecule has 0 amide bonds. The molecule has 2 aromatic heterocycles. The van der Waals surface area contributed by atoms with Gasteiger partial charge in [-0.3, -0.25) is 9.13 Å². The molecule has 4 aromatic rings. The highest BCUT2D eigenvalue weighted by atomic mass is 16.1. The average Bonchev–Trinajstić information content (AvgIpc) is 3.50. The van der Waals surface area contributed by atoms with Gasteiger partial charge in [-0.25, -0.2) is 9.78 Å². The fourth-order valence-electron chi connectivity index (χ4n) is 4.69. The molecule has 30 heavy (non-hydrogen) atoms. The van der Waals surface area contributed by atoms with Gasteiger partial charge in [0, 0.05) is 36.8 Å². The number of aromatic nitrogens is 4. The van der Waals surface area contributed by atoms with E-state index in [4.69, 9.17) is 4.98 Å². The molecule has 1 aliphatic rings. The molecule has 0 spiro atoms. The van der Waals surface area contributed by atoms with Crippen LogP contribution in [0.4, 0.5) is 0 Å². The first-order chi connectivity index (χ1) is 14.7. The smallest absolute Gasteiger partial charge is 0.326 e. The summed E-state index contributed by atoms with van der Waals surface area (Å²) in [5.74, 6) is 0. The summed E-state index contributed by atoms with van der Waals surface area (Å²) in [6, 6.07) is 17.1. The van der Waals surface area contributed by atoms with Crippen molar-refractivity contribution in [3.05, 3.63) is 65.3 Å². The van der Waals surface area contributed by atoms with Gasteiger partial charge in [-0.1, -0.05) is 36.4 Å². The van der Waals surface area contributed by atoms with Crippen molar-refractivity contribution in [3.63, 3.8) is 0 Å². The number of nitrogens with zero attached hydrogens (tertiary/aromatic N) is 4. The topological polar surface area (TPSA) is 56.8 Å². The number of aryl methyl sites for hydroxylation is 2. The van der Waals surface area contributed by atoms with E-state index in [1.165, 1.54) is 0 Å². The molecule has 1 fully saturated rings. The lowest BCUT2D eigenvalue weighted by molar-refractivity contribution is 0.551.